The lowest BCUT2D eigenvalue weighted by Crippen LogP contribution is -2.43. The van der Waals surface area contributed by atoms with Crippen LogP contribution in [-0.2, 0) is 19.6 Å². The highest BCUT2D eigenvalue weighted by molar-refractivity contribution is 9.11. The molecule has 2 aromatic carbocycles. The van der Waals surface area contributed by atoms with Gasteiger partial charge in [0.25, 0.3) is 0 Å². The first-order valence-electron chi connectivity index (χ1n) is 11.0. The van der Waals surface area contributed by atoms with Crippen molar-refractivity contribution in [2.45, 2.75) is 23.8 Å². The fourth-order valence-electron chi connectivity index (χ4n) is 4.57. The molecule has 0 saturated heterocycles. The third-order valence-corrected chi connectivity index (χ3v) is 8.88. The minimum absolute atomic E-state index is 0.0100. The van der Waals surface area contributed by atoms with Gasteiger partial charge in [0.2, 0.25) is 17.4 Å². The van der Waals surface area contributed by atoms with Gasteiger partial charge >= 0.3 is 22.1 Å². The molecule has 0 bridgehead atoms. The zero-order valence-corrected chi connectivity index (χ0v) is 24.7. The lowest BCUT2D eigenvalue weighted by Gasteiger charge is -2.40. The summed E-state index contributed by atoms with van der Waals surface area (Å²) >= 11 is 9.95. The van der Waals surface area contributed by atoms with E-state index in [0.29, 0.717) is 13.4 Å². The largest absolute Gasteiger partial charge is 0.458 e. The van der Waals surface area contributed by atoms with Gasteiger partial charge in [0.05, 0.1) is 11.5 Å². The zero-order chi connectivity index (χ0) is 28.8. The van der Waals surface area contributed by atoms with Gasteiger partial charge in [-0.25, -0.2) is 13.6 Å². The molecular weight excluding hydrogens is 748 g/mol. The van der Waals surface area contributed by atoms with E-state index in [-0.39, 0.29) is 18.4 Å². The van der Waals surface area contributed by atoms with Crippen molar-refractivity contribution in [3.05, 3.63) is 78.7 Å². The summed E-state index contributed by atoms with van der Waals surface area (Å²) in [5, 5.41) is 0. The average molecular weight is 763 g/mol. The van der Waals surface area contributed by atoms with Crippen LogP contribution in [0.1, 0.15) is 23.2 Å². The number of fused-ring (bicyclic) bond motifs is 1. The Hall–Kier alpha value is -2.07. The Balaban J connectivity index is 1.57. The number of ether oxygens (including phenoxy) is 2. The maximum atomic E-state index is 14.4. The second kappa shape index (κ2) is 11.4. The number of hydrogen-bond acceptors (Lipinski definition) is 6. The molecule has 39 heavy (non-hydrogen) atoms. The molecule has 0 amide bonds. The molecule has 15 heteroatoms. The SMILES string of the molecule is O=C(OC1CCC(C(=O)Oc2c(F)c(F)c(S(=O)(=O)O)c(F)c2F)C2C=CC=CC12)c1c(Br)cc(Br)cc1Br. The number of halogens is 7. The van der Waals surface area contributed by atoms with E-state index >= 15 is 0 Å². The molecule has 0 aromatic heterocycles. The van der Waals surface area contributed by atoms with Crippen molar-refractivity contribution in [2.75, 3.05) is 0 Å². The minimum atomic E-state index is -5.67. The summed E-state index contributed by atoms with van der Waals surface area (Å²) in [6.45, 7) is 0. The number of esters is 2. The molecule has 7 nitrogen and oxygen atoms in total. The highest BCUT2D eigenvalue weighted by Gasteiger charge is 2.44. The van der Waals surface area contributed by atoms with E-state index in [9.17, 15) is 35.6 Å². The molecule has 208 valence electrons. The summed E-state index contributed by atoms with van der Waals surface area (Å²) in [6, 6.07) is 3.32. The second-order valence-electron chi connectivity index (χ2n) is 8.61. The van der Waals surface area contributed by atoms with Crippen molar-refractivity contribution in [3.8, 4) is 5.75 Å². The van der Waals surface area contributed by atoms with Crippen LogP contribution in [0.2, 0.25) is 0 Å². The molecule has 1 saturated carbocycles. The van der Waals surface area contributed by atoms with Crippen LogP contribution in [-0.4, -0.2) is 31.0 Å². The fraction of sp³-hybridized carbons (Fsp3) is 0.250. The summed E-state index contributed by atoms with van der Waals surface area (Å²) in [6.07, 6.45) is 6.01. The van der Waals surface area contributed by atoms with E-state index in [1.807, 2.05) is 0 Å². The topological polar surface area (TPSA) is 107 Å². The quantitative estimate of drug-likeness (QED) is 0.119. The summed E-state index contributed by atoms with van der Waals surface area (Å²) in [5.74, 6) is -15.5. The van der Waals surface area contributed by atoms with Gasteiger partial charge in [-0.3, -0.25) is 9.35 Å². The van der Waals surface area contributed by atoms with Crippen LogP contribution in [0.25, 0.3) is 0 Å². The average Bonchev–Trinajstić information content (AvgIpc) is 2.84. The zero-order valence-electron chi connectivity index (χ0n) is 19.1. The first kappa shape index (κ1) is 29.9. The van der Waals surface area contributed by atoms with Gasteiger partial charge in [-0.2, -0.15) is 17.2 Å². The predicted molar refractivity (Wildman–Crippen MR) is 138 cm³/mol. The van der Waals surface area contributed by atoms with E-state index in [1.54, 1.807) is 36.4 Å². The highest BCUT2D eigenvalue weighted by atomic mass is 79.9. The van der Waals surface area contributed by atoms with Gasteiger partial charge in [-0.15, -0.1) is 0 Å². The number of allylic oxidation sites excluding steroid dienone is 3. The first-order chi connectivity index (χ1) is 18.2. The normalized spacial score (nSPS) is 22.4. The van der Waals surface area contributed by atoms with Crippen LogP contribution >= 0.6 is 47.8 Å². The van der Waals surface area contributed by atoms with Crippen LogP contribution in [0, 0.1) is 41.0 Å². The maximum Gasteiger partial charge on any atom is 0.340 e. The molecule has 4 unspecified atom stereocenters. The number of carbonyl (C=O) groups is 2. The number of carbonyl (C=O) groups excluding carboxylic acids is 2. The van der Waals surface area contributed by atoms with E-state index in [0.717, 1.165) is 0 Å². The standard InChI is InChI=1S/C24H15Br3F4O7S/c25-9-7-13(26)16(14(27)8-9)24(33)37-15-6-5-12(10-3-1-2-4-11(10)15)23(32)38-21-17(28)19(30)22(39(34,35)36)20(31)18(21)29/h1-4,7-8,10-12,15H,5-6H2,(H,34,35,36). The van der Waals surface area contributed by atoms with Crippen LogP contribution in [0.3, 0.4) is 0 Å². The number of hydrogen-bond donors (Lipinski definition) is 1. The summed E-state index contributed by atoms with van der Waals surface area (Å²) in [7, 11) is -5.67. The summed E-state index contributed by atoms with van der Waals surface area (Å²) < 4.78 is 100. The number of benzene rings is 2. The molecule has 0 aliphatic heterocycles. The van der Waals surface area contributed by atoms with Crippen LogP contribution in [0.15, 0.2) is 54.8 Å². The van der Waals surface area contributed by atoms with Crippen molar-refractivity contribution in [1.29, 1.82) is 0 Å². The van der Waals surface area contributed by atoms with Crippen molar-refractivity contribution in [1.82, 2.24) is 0 Å². The lowest BCUT2D eigenvalue weighted by molar-refractivity contribution is -0.143. The Morgan fingerprint density at radius 1 is 0.872 bits per heavy atom. The molecule has 1 N–H and O–H groups in total. The molecule has 0 spiro atoms. The van der Waals surface area contributed by atoms with Crippen molar-refractivity contribution in [3.63, 3.8) is 0 Å². The van der Waals surface area contributed by atoms with E-state index in [1.165, 1.54) is 0 Å². The van der Waals surface area contributed by atoms with Crippen LogP contribution in [0.4, 0.5) is 17.6 Å². The monoisotopic (exact) mass is 760 g/mol. The van der Waals surface area contributed by atoms with Gasteiger partial charge in [-0.1, -0.05) is 40.2 Å². The van der Waals surface area contributed by atoms with Gasteiger partial charge in [0.1, 0.15) is 6.10 Å². The Morgan fingerprint density at radius 2 is 1.41 bits per heavy atom. The van der Waals surface area contributed by atoms with Crippen molar-refractivity contribution < 1.29 is 49.6 Å². The first-order valence-corrected chi connectivity index (χ1v) is 14.8. The van der Waals surface area contributed by atoms with E-state index in [2.05, 4.69) is 47.8 Å². The molecule has 4 atom stereocenters. The summed E-state index contributed by atoms with van der Waals surface area (Å²) in [4.78, 5) is 23.7. The fourth-order valence-corrected chi connectivity index (χ4v) is 7.79. The number of rotatable bonds is 5. The molecular formula is C24H15Br3F4O7S. The Labute approximate surface area is 244 Å². The third kappa shape index (κ3) is 5.87. The molecule has 1 fully saturated rings. The lowest BCUT2D eigenvalue weighted by atomic mass is 9.69. The molecule has 0 heterocycles. The van der Waals surface area contributed by atoms with Gasteiger partial charge in [-0.05, 0) is 56.8 Å². The summed E-state index contributed by atoms with van der Waals surface area (Å²) in [5.41, 5.74) is 0.231. The van der Waals surface area contributed by atoms with E-state index < -0.39 is 79.8 Å². The Bertz CT molecular complexity index is 1490. The van der Waals surface area contributed by atoms with Crippen LogP contribution < -0.4 is 4.74 Å². The van der Waals surface area contributed by atoms with E-state index in [4.69, 9.17) is 14.0 Å². The molecule has 0 radical (unpaired) electrons. The Morgan fingerprint density at radius 3 is 1.95 bits per heavy atom. The molecule has 2 aromatic rings. The van der Waals surface area contributed by atoms with Crippen molar-refractivity contribution >= 4 is 69.8 Å². The maximum absolute atomic E-state index is 14.4. The molecule has 2 aliphatic rings. The van der Waals surface area contributed by atoms with Gasteiger partial charge in [0, 0.05) is 25.3 Å². The van der Waals surface area contributed by atoms with Gasteiger partial charge in [0.15, 0.2) is 16.5 Å². The van der Waals surface area contributed by atoms with Gasteiger partial charge < -0.3 is 9.47 Å². The Kier molecular flexibility index (Phi) is 8.76. The molecule has 4 rings (SSSR count). The minimum Gasteiger partial charge on any atom is -0.458 e. The highest BCUT2D eigenvalue weighted by Crippen LogP contribution is 2.42. The predicted octanol–water partition coefficient (Wildman–Crippen LogP) is 6.68. The van der Waals surface area contributed by atoms with Crippen molar-refractivity contribution in [2.24, 2.45) is 17.8 Å². The smallest absolute Gasteiger partial charge is 0.340 e. The molecule has 2 aliphatic carbocycles. The second-order valence-corrected chi connectivity index (χ2v) is 12.6. The van der Waals surface area contributed by atoms with Crippen LogP contribution in [0.5, 0.6) is 5.75 Å². The third-order valence-electron chi connectivity index (χ3n) is 6.29.